The standard InChI is InChI=1S/C25H34N2O2/c1-25(2,16-9-19-29-23-12-7-4-8-13-23)24(28)26-22-14-17-27(18-15-22)20-21-10-5-3-6-11-21/h3-8,10-13,22H,9,14-20H2,1-2H3,(H,26,28). The second kappa shape index (κ2) is 10.4. The van der Waals surface area contributed by atoms with Crippen LogP contribution in [0.5, 0.6) is 5.75 Å². The molecule has 0 unspecified atom stereocenters. The van der Waals surface area contributed by atoms with E-state index < -0.39 is 0 Å². The Kier molecular flexibility index (Phi) is 7.70. The molecular formula is C25H34N2O2. The van der Waals surface area contributed by atoms with Crippen LogP contribution in [0.3, 0.4) is 0 Å². The third-order valence-electron chi connectivity index (χ3n) is 5.74. The first kappa shape index (κ1) is 21.4. The molecule has 0 spiro atoms. The van der Waals surface area contributed by atoms with Crippen molar-refractivity contribution in [2.24, 2.45) is 5.41 Å². The Hall–Kier alpha value is -2.33. The van der Waals surface area contributed by atoms with Crippen LogP contribution in [-0.4, -0.2) is 36.5 Å². The van der Waals surface area contributed by atoms with Crippen LogP contribution in [0.25, 0.3) is 0 Å². The zero-order valence-corrected chi connectivity index (χ0v) is 17.8. The molecule has 29 heavy (non-hydrogen) atoms. The molecule has 1 saturated heterocycles. The lowest BCUT2D eigenvalue weighted by atomic mass is 9.86. The molecule has 1 fully saturated rings. The molecule has 0 aromatic heterocycles. The third kappa shape index (κ3) is 6.90. The minimum atomic E-state index is -0.374. The first-order valence-electron chi connectivity index (χ1n) is 10.8. The van der Waals surface area contributed by atoms with Crippen molar-refractivity contribution in [2.45, 2.75) is 52.1 Å². The zero-order chi connectivity index (χ0) is 20.5. The highest BCUT2D eigenvalue weighted by molar-refractivity contribution is 5.82. The maximum atomic E-state index is 12.8. The van der Waals surface area contributed by atoms with Crippen LogP contribution in [0.2, 0.25) is 0 Å². The molecule has 2 aromatic carbocycles. The summed E-state index contributed by atoms with van der Waals surface area (Å²) in [5.74, 6) is 1.05. The smallest absolute Gasteiger partial charge is 0.225 e. The Morgan fingerprint density at radius 2 is 1.66 bits per heavy atom. The normalized spacial score (nSPS) is 15.8. The van der Waals surface area contributed by atoms with Crippen LogP contribution in [0.15, 0.2) is 60.7 Å². The molecule has 0 saturated carbocycles. The number of para-hydroxylation sites is 1. The van der Waals surface area contributed by atoms with Crippen molar-refractivity contribution in [1.29, 1.82) is 0 Å². The van der Waals surface area contributed by atoms with E-state index in [4.69, 9.17) is 4.74 Å². The Bertz CT molecular complexity index is 738. The second-order valence-electron chi connectivity index (χ2n) is 8.66. The van der Waals surface area contributed by atoms with Crippen molar-refractivity contribution in [3.05, 3.63) is 66.2 Å². The van der Waals surface area contributed by atoms with Crippen molar-refractivity contribution >= 4 is 5.91 Å². The van der Waals surface area contributed by atoms with Gasteiger partial charge in [-0.2, -0.15) is 0 Å². The molecule has 4 nitrogen and oxygen atoms in total. The van der Waals surface area contributed by atoms with E-state index in [1.165, 1.54) is 5.56 Å². The Balaban J connectivity index is 1.35. The maximum Gasteiger partial charge on any atom is 0.225 e. The largest absolute Gasteiger partial charge is 0.494 e. The van der Waals surface area contributed by atoms with E-state index in [-0.39, 0.29) is 17.4 Å². The monoisotopic (exact) mass is 394 g/mol. The summed E-state index contributed by atoms with van der Waals surface area (Å²) < 4.78 is 5.75. The van der Waals surface area contributed by atoms with Gasteiger partial charge in [0.15, 0.2) is 0 Å². The molecule has 1 N–H and O–H groups in total. The summed E-state index contributed by atoms with van der Waals surface area (Å²) in [5, 5.41) is 3.30. The highest BCUT2D eigenvalue weighted by atomic mass is 16.5. The van der Waals surface area contributed by atoms with Crippen molar-refractivity contribution in [2.75, 3.05) is 19.7 Å². The summed E-state index contributed by atoms with van der Waals surface area (Å²) in [7, 11) is 0. The first-order valence-corrected chi connectivity index (χ1v) is 10.8. The van der Waals surface area contributed by atoms with Gasteiger partial charge in [0.05, 0.1) is 6.61 Å². The number of likely N-dealkylation sites (tertiary alicyclic amines) is 1. The van der Waals surface area contributed by atoms with Crippen molar-refractivity contribution in [3.63, 3.8) is 0 Å². The zero-order valence-electron chi connectivity index (χ0n) is 17.8. The van der Waals surface area contributed by atoms with Gasteiger partial charge >= 0.3 is 0 Å². The van der Waals surface area contributed by atoms with Gasteiger partial charge in [0.25, 0.3) is 0 Å². The van der Waals surface area contributed by atoms with Crippen LogP contribution < -0.4 is 10.1 Å². The molecule has 3 rings (SSSR count). The molecule has 1 heterocycles. The van der Waals surface area contributed by atoms with Gasteiger partial charge in [-0.15, -0.1) is 0 Å². The van der Waals surface area contributed by atoms with E-state index in [0.29, 0.717) is 6.61 Å². The number of amides is 1. The lowest BCUT2D eigenvalue weighted by Crippen LogP contribution is -2.48. The van der Waals surface area contributed by atoms with E-state index in [0.717, 1.165) is 51.1 Å². The molecule has 0 aliphatic carbocycles. The van der Waals surface area contributed by atoms with E-state index in [9.17, 15) is 4.79 Å². The average molecular weight is 395 g/mol. The second-order valence-corrected chi connectivity index (χ2v) is 8.66. The Morgan fingerprint density at radius 3 is 2.31 bits per heavy atom. The number of carbonyl (C=O) groups excluding carboxylic acids is 1. The third-order valence-corrected chi connectivity index (χ3v) is 5.74. The number of hydrogen-bond acceptors (Lipinski definition) is 3. The van der Waals surface area contributed by atoms with Gasteiger partial charge in [-0.05, 0) is 43.4 Å². The fourth-order valence-corrected chi connectivity index (χ4v) is 3.79. The summed E-state index contributed by atoms with van der Waals surface area (Å²) in [6.07, 6.45) is 3.72. The average Bonchev–Trinajstić information content (AvgIpc) is 2.74. The van der Waals surface area contributed by atoms with Crippen LogP contribution in [0.1, 0.15) is 45.1 Å². The molecule has 1 aliphatic heterocycles. The highest BCUT2D eigenvalue weighted by Gasteiger charge is 2.30. The molecular weight excluding hydrogens is 360 g/mol. The van der Waals surface area contributed by atoms with Crippen molar-refractivity contribution < 1.29 is 9.53 Å². The van der Waals surface area contributed by atoms with E-state index in [1.54, 1.807) is 0 Å². The minimum Gasteiger partial charge on any atom is -0.494 e. The van der Waals surface area contributed by atoms with Gasteiger partial charge in [-0.3, -0.25) is 9.69 Å². The molecule has 0 bridgehead atoms. The maximum absolute atomic E-state index is 12.8. The molecule has 4 heteroatoms. The number of nitrogens with one attached hydrogen (secondary N) is 1. The van der Waals surface area contributed by atoms with E-state index in [2.05, 4.69) is 40.5 Å². The lowest BCUT2D eigenvalue weighted by molar-refractivity contribution is -0.130. The van der Waals surface area contributed by atoms with Crippen LogP contribution in [0, 0.1) is 5.41 Å². The lowest BCUT2D eigenvalue weighted by Gasteiger charge is -2.34. The summed E-state index contributed by atoms with van der Waals surface area (Å²) in [5.41, 5.74) is 0.982. The number of benzene rings is 2. The molecule has 1 aliphatic rings. The number of carbonyl (C=O) groups is 1. The minimum absolute atomic E-state index is 0.165. The SMILES string of the molecule is CC(C)(CCCOc1ccccc1)C(=O)NC1CCN(Cc2ccccc2)CC1. The Labute approximate surface area is 175 Å². The number of rotatable bonds is 9. The first-order chi connectivity index (χ1) is 14.0. The predicted molar refractivity (Wildman–Crippen MR) is 118 cm³/mol. The van der Waals surface area contributed by atoms with Crippen LogP contribution in [-0.2, 0) is 11.3 Å². The quantitative estimate of drug-likeness (QED) is 0.629. The number of ether oxygens (including phenoxy) is 1. The van der Waals surface area contributed by atoms with Crippen LogP contribution in [0.4, 0.5) is 0 Å². The fraction of sp³-hybridized carbons (Fsp3) is 0.480. The number of nitrogens with zero attached hydrogens (tertiary/aromatic N) is 1. The predicted octanol–water partition coefficient (Wildman–Crippen LogP) is 4.65. The molecule has 1 amide bonds. The van der Waals surface area contributed by atoms with Crippen molar-refractivity contribution in [3.8, 4) is 5.75 Å². The van der Waals surface area contributed by atoms with Gasteiger partial charge in [-0.1, -0.05) is 62.4 Å². The fourth-order valence-electron chi connectivity index (χ4n) is 3.79. The van der Waals surface area contributed by atoms with E-state index >= 15 is 0 Å². The summed E-state index contributed by atoms with van der Waals surface area (Å²) in [6.45, 7) is 7.77. The van der Waals surface area contributed by atoms with Gasteiger partial charge in [-0.25, -0.2) is 0 Å². The van der Waals surface area contributed by atoms with Gasteiger partial charge in [0, 0.05) is 31.1 Å². The van der Waals surface area contributed by atoms with Gasteiger partial charge in [0.2, 0.25) is 5.91 Å². The van der Waals surface area contributed by atoms with E-state index in [1.807, 2.05) is 44.2 Å². The Morgan fingerprint density at radius 1 is 1.03 bits per heavy atom. The molecule has 2 aromatic rings. The topological polar surface area (TPSA) is 41.6 Å². The van der Waals surface area contributed by atoms with Gasteiger partial charge < -0.3 is 10.1 Å². The summed E-state index contributed by atoms with van der Waals surface area (Å²) in [6, 6.07) is 20.7. The van der Waals surface area contributed by atoms with Crippen LogP contribution >= 0.6 is 0 Å². The van der Waals surface area contributed by atoms with Gasteiger partial charge in [0.1, 0.15) is 5.75 Å². The number of hydrogen-bond donors (Lipinski definition) is 1. The highest BCUT2D eigenvalue weighted by Crippen LogP contribution is 2.24. The number of piperidine rings is 1. The summed E-state index contributed by atoms with van der Waals surface area (Å²) >= 11 is 0. The molecule has 156 valence electrons. The molecule has 0 atom stereocenters. The molecule has 0 radical (unpaired) electrons. The summed E-state index contributed by atoms with van der Waals surface area (Å²) in [4.78, 5) is 15.3. The van der Waals surface area contributed by atoms with Crippen molar-refractivity contribution in [1.82, 2.24) is 10.2 Å².